The molecule has 0 saturated carbocycles. The summed E-state index contributed by atoms with van der Waals surface area (Å²) in [5.74, 6) is 2.89. The Labute approximate surface area is 241 Å². The van der Waals surface area contributed by atoms with E-state index in [4.69, 9.17) is 28.4 Å². The van der Waals surface area contributed by atoms with Crippen molar-refractivity contribution < 1.29 is 28.4 Å². The van der Waals surface area contributed by atoms with E-state index in [1.807, 2.05) is 12.1 Å². The van der Waals surface area contributed by atoms with E-state index in [1.54, 1.807) is 21.3 Å². The van der Waals surface area contributed by atoms with Gasteiger partial charge in [0.2, 0.25) is 0 Å². The molecule has 6 nitrogen and oxygen atoms in total. The zero-order valence-corrected chi connectivity index (χ0v) is 25.3. The second-order valence-corrected chi connectivity index (χ2v) is 10.9. The van der Waals surface area contributed by atoms with Crippen LogP contribution in [0.1, 0.15) is 62.6 Å². The van der Waals surface area contributed by atoms with E-state index in [1.165, 1.54) is 16.7 Å². The fourth-order valence-electron chi connectivity index (χ4n) is 5.59. The maximum Gasteiger partial charge on any atom is 0.188 e. The number of hydrogen-bond donors (Lipinski definition) is 0. The Morgan fingerprint density at radius 2 is 1.65 bits per heavy atom. The molecule has 0 saturated heterocycles. The van der Waals surface area contributed by atoms with Crippen molar-refractivity contribution in [3.8, 4) is 22.6 Å². The van der Waals surface area contributed by atoms with E-state index < -0.39 is 0 Å². The lowest BCUT2D eigenvalue weighted by molar-refractivity contribution is -0.0310. The molecule has 6 heteroatoms. The molecule has 2 atom stereocenters. The standard InChI is InChI=1S/C34H48O6/c1-8-10-26-13-15-33(39-22-36-6)30(18-26)32-20-27(11-9-16-38-21-35-5)19-31(34(32)40-23-37-7)29-17-25(4)12-14-28(29)24(2)3/h8,13,15,17-20,24,28-29H,1,9-12,14,16,21-23H2,2-7H3/t28-,29+/m0/s1. The van der Waals surface area contributed by atoms with Crippen LogP contribution in [0.25, 0.3) is 11.1 Å². The van der Waals surface area contributed by atoms with E-state index in [9.17, 15) is 0 Å². The summed E-state index contributed by atoms with van der Waals surface area (Å²) >= 11 is 0. The number of allylic oxidation sites excluding steroid dienone is 3. The summed E-state index contributed by atoms with van der Waals surface area (Å²) in [5, 5.41) is 0. The quantitative estimate of drug-likeness (QED) is 0.114. The number of ether oxygens (including phenoxy) is 6. The zero-order chi connectivity index (χ0) is 28.9. The molecule has 0 N–H and O–H groups in total. The van der Waals surface area contributed by atoms with Crippen LogP contribution in [0, 0.1) is 11.8 Å². The molecule has 0 heterocycles. The molecule has 1 aliphatic rings. The predicted molar refractivity (Wildman–Crippen MR) is 161 cm³/mol. The van der Waals surface area contributed by atoms with E-state index in [-0.39, 0.29) is 19.5 Å². The first-order valence-electron chi connectivity index (χ1n) is 14.3. The minimum absolute atomic E-state index is 0.158. The molecule has 0 spiro atoms. The van der Waals surface area contributed by atoms with Crippen molar-refractivity contribution in [1.29, 1.82) is 0 Å². The van der Waals surface area contributed by atoms with Crippen molar-refractivity contribution in [3.63, 3.8) is 0 Å². The summed E-state index contributed by atoms with van der Waals surface area (Å²) in [4.78, 5) is 0. The summed E-state index contributed by atoms with van der Waals surface area (Å²) in [6, 6.07) is 10.8. The Bertz CT molecular complexity index is 1110. The molecule has 0 amide bonds. The zero-order valence-electron chi connectivity index (χ0n) is 25.3. The molecule has 0 unspecified atom stereocenters. The van der Waals surface area contributed by atoms with Gasteiger partial charge in [0.15, 0.2) is 13.6 Å². The van der Waals surface area contributed by atoms with Crippen molar-refractivity contribution in [1.82, 2.24) is 0 Å². The van der Waals surface area contributed by atoms with Crippen LogP contribution in [0.3, 0.4) is 0 Å². The van der Waals surface area contributed by atoms with Gasteiger partial charge in [-0.2, -0.15) is 0 Å². The second kappa shape index (κ2) is 16.6. The van der Waals surface area contributed by atoms with Gasteiger partial charge in [0.25, 0.3) is 0 Å². The molecule has 1 aliphatic carbocycles. The lowest BCUT2D eigenvalue weighted by atomic mass is 9.71. The average molecular weight is 553 g/mol. The molecule has 0 radical (unpaired) electrons. The Morgan fingerprint density at radius 1 is 0.925 bits per heavy atom. The van der Waals surface area contributed by atoms with Crippen LogP contribution in [0.2, 0.25) is 0 Å². The van der Waals surface area contributed by atoms with Crippen LogP contribution in [-0.4, -0.2) is 48.3 Å². The molecule has 3 rings (SSSR count). The molecule has 0 fully saturated rings. The second-order valence-electron chi connectivity index (χ2n) is 10.9. The maximum absolute atomic E-state index is 6.46. The van der Waals surface area contributed by atoms with E-state index in [2.05, 4.69) is 57.7 Å². The highest BCUT2D eigenvalue weighted by Crippen LogP contribution is 2.48. The maximum atomic E-state index is 6.46. The highest BCUT2D eigenvalue weighted by atomic mass is 16.7. The van der Waals surface area contributed by atoms with Gasteiger partial charge < -0.3 is 28.4 Å². The van der Waals surface area contributed by atoms with E-state index >= 15 is 0 Å². The van der Waals surface area contributed by atoms with Gasteiger partial charge in [-0.3, -0.25) is 0 Å². The number of aryl methyl sites for hydroxylation is 1. The Hall–Kier alpha value is -2.64. The van der Waals surface area contributed by atoms with Gasteiger partial charge in [0, 0.05) is 50.5 Å². The van der Waals surface area contributed by atoms with E-state index in [0.29, 0.717) is 25.2 Å². The van der Waals surface area contributed by atoms with Crippen molar-refractivity contribution in [2.45, 2.75) is 58.8 Å². The normalized spacial score (nSPS) is 17.1. The smallest absolute Gasteiger partial charge is 0.188 e. The Morgan fingerprint density at radius 3 is 2.35 bits per heavy atom. The molecule has 0 bridgehead atoms. The number of rotatable bonds is 17. The highest BCUT2D eigenvalue weighted by Gasteiger charge is 2.31. The summed E-state index contributed by atoms with van der Waals surface area (Å²) < 4.78 is 33.9. The molecule has 40 heavy (non-hydrogen) atoms. The van der Waals surface area contributed by atoms with Crippen LogP contribution >= 0.6 is 0 Å². The molecule has 2 aromatic carbocycles. The van der Waals surface area contributed by atoms with Crippen LogP contribution in [-0.2, 0) is 31.8 Å². The van der Waals surface area contributed by atoms with Gasteiger partial charge in [-0.15, -0.1) is 6.58 Å². The Balaban J connectivity index is 2.25. The first-order chi connectivity index (χ1) is 19.4. The van der Waals surface area contributed by atoms with Gasteiger partial charge in [-0.05, 0) is 80.2 Å². The third-order valence-corrected chi connectivity index (χ3v) is 7.51. The van der Waals surface area contributed by atoms with Crippen LogP contribution in [0.15, 0.2) is 54.6 Å². The third kappa shape index (κ3) is 8.68. The molecular weight excluding hydrogens is 504 g/mol. The summed E-state index contributed by atoms with van der Waals surface area (Å²) in [6.45, 7) is 12.1. The summed E-state index contributed by atoms with van der Waals surface area (Å²) in [7, 11) is 4.94. The molecular formula is C34H48O6. The van der Waals surface area contributed by atoms with Crippen LogP contribution in [0.4, 0.5) is 0 Å². The van der Waals surface area contributed by atoms with Crippen molar-refractivity contribution in [2.75, 3.05) is 48.3 Å². The largest absolute Gasteiger partial charge is 0.467 e. The third-order valence-electron chi connectivity index (χ3n) is 7.51. The topological polar surface area (TPSA) is 55.4 Å². The van der Waals surface area contributed by atoms with Gasteiger partial charge in [0.1, 0.15) is 18.3 Å². The Kier molecular flexibility index (Phi) is 13.2. The number of methoxy groups -OCH3 is 3. The van der Waals surface area contributed by atoms with Gasteiger partial charge >= 0.3 is 0 Å². The molecule has 2 aromatic rings. The van der Waals surface area contributed by atoms with Crippen molar-refractivity contribution >= 4 is 0 Å². The van der Waals surface area contributed by atoms with Gasteiger partial charge in [-0.1, -0.05) is 43.7 Å². The fraction of sp³-hybridized carbons (Fsp3) is 0.529. The van der Waals surface area contributed by atoms with Gasteiger partial charge in [0.05, 0.1) is 0 Å². The first-order valence-corrected chi connectivity index (χ1v) is 14.3. The lowest BCUT2D eigenvalue weighted by Gasteiger charge is -2.34. The van der Waals surface area contributed by atoms with Crippen LogP contribution < -0.4 is 9.47 Å². The number of hydrogen-bond acceptors (Lipinski definition) is 6. The fourth-order valence-corrected chi connectivity index (χ4v) is 5.59. The van der Waals surface area contributed by atoms with E-state index in [0.717, 1.165) is 60.3 Å². The van der Waals surface area contributed by atoms with Crippen molar-refractivity contribution in [3.05, 3.63) is 71.3 Å². The minimum atomic E-state index is 0.158. The molecule has 220 valence electrons. The first kappa shape index (κ1) is 31.9. The highest BCUT2D eigenvalue weighted by molar-refractivity contribution is 5.79. The molecule has 0 aliphatic heterocycles. The van der Waals surface area contributed by atoms with Crippen molar-refractivity contribution in [2.24, 2.45) is 11.8 Å². The number of benzene rings is 2. The lowest BCUT2D eigenvalue weighted by Crippen LogP contribution is -2.22. The minimum Gasteiger partial charge on any atom is -0.467 e. The molecule has 0 aromatic heterocycles. The average Bonchev–Trinajstić information content (AvgIpc) is 2.95. The SMILES string of the molecule is C=CCc1ccc(OCOC)c(-c2cc(CCCOCOC)cc([C@@H]3C=C(C)CC[C@H]3C(C)C)c2OCOC)c1. The predicted octanol–water partition coefficient (Wildman–Crippen LogP) is 7.70. The summed E-state index contributed by atoms with van der Waals surface area (Å²) in [6.07, 6.45) is 9.19. The monoisotopic (exact) mass is 552 g/mol. The van der Waals surface area contributed by atoms with Crippen LogP contribution in [0.5, 0.6) is 11.5 Å². The summed E-state index contributed by atoms with van der Waals surface area (Å²) in [5.41, 5.74) is 6.99. The van der Waals surface area contributed by atoms with Gasteiger partial charge in [-0.25, -0.2) is 0 Å².